The molecule has 0 bridgehead atoms. The Morgan fingerprint density at radius 1 is 1.10 bits per heavy atom. The first-order chi connectivity index (χ1) is 15.1. The van der Waals surface area contributed by atoms with Gasteiger partial charge in [0.05, 0.1) is 6.61 Å². The van der Waals surface area contributed by atoms with Gasteiger partial charge in [0, 0.05) is 56.0 Å². The summed E-state index contributed by atoms with van der Waals surface area (Å²) >= 11 is 0. The molecule has 1 aliphatic rings. The van der Waals surface area contributed by atoms with Crippen molar-refractivity contribution in [3.8, 4) is 0 Å². The number of carbonyl (C=O) groups is 1. The van der Waals surface area contributed by atoms with Gasteiger partial charge in [0.1, 0.15) is 0 Å². The summed E-state index contributed by atoms with van der Waals surface area (Å²) in [7, 11) is 3.86. The molecule has 31 heavy (non-hydrogen) atoms. The van der Waals surface area contributed by atoms with E-state index in [0.29, 0.717) is 5.92 Å². The second-order valence-corrected chi connectivity index (χ2v) is 8.73. The lowest BCUT2D eigenvalue weighted by Gasteiger charge is -2.32. The highest BCUT2D eigenvalue weighted by molar-refractivity contribution is 6.06. The maximum atomic E-state index is 13.1. The molecule has 1 aromatic heterocycles. The van der Waals surface area contributed by atoms with E-state index in [-0.39, 0.29) is 5.91 Å². The van der Waals surface area contributed by atoms with Gasteiger partial charge >= 0.3 is 0 Å². The molecule has 3 aromatic rings. The van der Waals surface area contributed by atoms with Gasteiger partial charge in [-0.2, -0.15) is 0 Å². The molecule has 0 aliphatic carbocycles. The van der Waals surface area contributed by atoms with Crippen LogP contribution in [0.15, 0.2) is 54.7 Å². The number of aromatic amines is 1. The second-order valence-electron chi connectivity index (χ2n) is 8.73. The molecule has 2 heterocycles. The van der Waals surface area contributed by atoms with Crippen molar-refractivity contribution in [2.75, 3.05) is 40.4 Å². The van der Waals surface area contributed by atoms with Crippen LogP contribution in [0.25, 0.3) is 10.9 Å². The highest BCUT2D eigenvalue weighted by Gasteiger charge is 2.24. The highest BCUT2D eigenvalue weighted by Crippen LogP contribution is 2.25. The largest absolute Gasteiger partial charge is 0.383 e. The minimum absolute atomic E-state index is 0.158. The number of carbonyl (C=O) groups excluding carboxylic acids is 1. The van der Waals surface area contributed by atoms with Gasteiger partial charge in [-0.3, -0.25) is 9.69 Å². The first kappa shape index (κ1) is 21.6. The topological polar surface area (TPSA) is 48.6 Å². The van der Waals surface area contributed by atoms with Crippen molar-refractivity contribution in [2.45, 2.75) is 25.8 Å². The maximum absolute atomic E-state index is 13.1. The maximum Gasteiger partial charge on any atom is 0.254 e. The molecule has 0 atom stereocenters. The van der Waals surface area contributed by atoms with Crippen LogP contribution in [0.4, 0.5) is 0 Å². The molecule has 0 radical (unpaired) electrons. The Labute approximate surface area is 185 Å². The van der Waals surface area contributed by atoms with Gasteiger partial charge in [0.15, 0.2) is 0 Å². The predicted octanol–water partition coefficient (Wildman–Crippen LogP) is 4.34. The van der Waals surface area contributed by atoms with E-state index in [1.807, 2.05) is 35.4 Å². The molecule has 1 saturated heterocycles. The first-order valence-corrected chi connectivity index (χ1v) is 11.2. The molecule has 1 aliphatic heterocycles. The minimum Gasteiger partial charge on any atom is -0.383 e. The zero-order chi connectivity index (χ0) is 21.6. The van der Waals surface area contributed by atoms with Gasteiger partial charge in [0.2, 0.25) is 0 Å². The van der Waals surface area contributed by atoms with Crippen LogP contribution in [0, 0.1) is 5.92 Å². The number of methoxy groups -OCH3 is 1. The van der Waals surface area contributed by atoms with Gasteiger partial charge in [-0.15, -0.1) is 0 Å². The number of rotatable bonds is 8. The summed E-state index contributed by atoms with van der Waals surface area (Å²) < 4.78 is 5.15. The lowest BCUT2D eigenvalue weighted by molar-refractivity contribution is 0.0692. The number of fused-ring (bicyclic) bond motifs is 1. The van der Waals surface area contributed by atoms with Gasteiger partial charge in [-0.1, -0.05) is 30.3 Å². The quantitative estimate of drug-likeness (QED) is 0.591. The molecule has 5 nitrogen and oxygen atoms in total. The second kappa shape index (κ2) is 10.1. The van der Waals surface area contributed by atoms with Crippen LogP contribution < -0.4 is 0 Å². The van der Waals surface area contributed by atoms with E-state index >= 15 is 0 Å². The zero-order valence-electron chi connectivity index (χ0n) is 18.6. The number of benzene rings is 2. The number of piperidine rings is 1. The normalized spacial score (nSPS) is 15.1. The number of hydrogen-bond acceptors (Lipinski definition) is 3. The van der Waals surface area contributed by atoms with Crippen molar-refractivity contribution in [1.29, 1.82) is 0 Å². The summed E-state index contributed by atoms with van der Waals surface area (Å²) in [6, 6.07) is 16.9. The molecule has 4 rings (SSSR count). The van der Waals surface area contributed by atoms with Crippen LogP contribution in [0.5, 0.6) is 0 Å². The third-order valence-corrected chi connectivity index (χ3v) is 6.40. The number of aromatic nitrogens is 1. The Bertz CT molecular complexity index is 987. The summed E-state index contributed by atoms with van der Waals surface area (Å²) in [5.41, 5.74) is 4.56. The minimum atomic E-state index is 0.158. The Hall–Kier alpha value is -2.63. The molecule has 5 heteroatoms. The van der Waals surface area contributed by atoms with Crippen LogP contribution in [-0.4, -0.2) is 61.1 Å². The third kappa shape index (κ3) is 5.35. The lowest BCUT2D eigenvalue weighted by atomic mass is 9.89. The number of likely N-dealkylation sites (N-methyl/N-ethyl adjacent to an activating group) is 1. The fourth-order valence-electron chi connectivity index (χ4n) is 4.53. The summed E-state index contributed by atoms with van der Waals surface area (Å²) in [5, 5.41) is 1.02. The first-order valence-electron chi connectivity index (χ1n) is 11.2. The summed E-state index contributed by atoms with van der Waals surface area (Å²) in [6.07, 6.45) is 5.12. The summed E-state index contributed by atoms with van der Waals surface area (Å²) in [5.74, 6) is 0.799. The molecular weight excluding hydrogens is 386 g/mol. The third-order valence-electron chi connectivity index (χ3n) is 6.40. The number of H-pyrrole nitrogens is 1. The Morgan fingerprint density at radius 2 is 1.84 bits per heavy atom. The molecule has 164 valence electrons. The van der Waals surface area contributed by atoms with Gasteiger partial charge in [-0.25, -0.2) is 0 Å². The van der Waals surface area contributed by atoms with E-state index in [4.69, 9.17) is 4.74 Å². The van der Waals surface area contributed by atoms with E-state index in [1.54, 1.807) is 7.11 Å². The van der Waals surface area contributed by atoms with Crippen LogP contribution in [-0.2, 0) is 17.7 Å². The Balaban J connectivity index is 1.28. The standard InChI is InChI=1S/C26H33N3O2/c1-28(16-17-31-2)19-22-8-6-20(7-9-22)18-21-11-14-29(15-12-21)26(30)24-4-3-5-25-23(24)10-13-27-25/h3-10,13,21,27H,11-12,14-19H2,1-2H3. The fourth-order valence-corrected chi connectivity index (χ4v) is 4.53. The lowest BCUT2D eigenvalue weighted by Crippen LogP contribution is -2.39. The van der Waals surface area contributed by atoms with Crippen LogP contribution in [0.2, 0.25) is 0 Å². The Morgan fingerprint density at radius 3 is 2.58 bits per heavy atom. The molecule has 1 N–H and O–H groups in total. The van der Waals surface area contributed by atoms with E-state index in [9.17, 15) is 4.79 Å². The van der Waals surface area contributed by atoms with Crippen molar-refractivity contribution < 1.29 is 9.53 Å². The molecule has 1 amide bonds. The summed E-state index contributed by atoms with van der Waals surface area (Å²) in [4.78, 5) is 20.6. The van der Waals surface area contributed by atoms with Crippen molar-refractivity contribution >= 4 is 16.8 Å². The van der Waals surface area contributed by atoms with Gasteiger partial charge < -0.3 is 14.6 Å². The number of nitrogens with zero attached hydrogens (tertiary/aromatic N) is 2. The van der Waals surface area contributed by atoms with E-state index in [1.165, 1.54) is 11.1 Å². The smallest absolute Gasteiger partial charge is 0.254 e. The van der Waals surface area contributed by atoms with Crippen LogP contribution >= 0.6 is 0 Å². The average Bonchev–Trinajstić information content (AvgIpc) is 3.28. The number of hydrogen-bond donors (Lipinski definition) is 1. The van der Waals surface area contributed by atoms with Crippen molar-refractivity contribution in [1.82, 2.24) is 14.8 Å². The van der Waals surface area contributed by atoms with Crippen LogP contribution in [0.1, 0.15) is 34.3 Å². The van der Waals surface area contributed by atoms with Gasteiger partial charge in [0.25, 0.3) is 5.91 Å². The number of ether oxygens (including phenoxy) is 1. The molecule has 1 fully saturated rings. The summed E-state index contributed by atoms with van der Waals surface area (Å²) in [6.45, 7) is 4.32. The molecule has 0 spiro atoms. The van der Waals surface area contributed by atoms with E-state index < -0.39 is 0 Å². The monoisotopic (exact) mass is 419 g/mol. The Kier molecular flexibility index (Phi) is 7.05. The van der Waals surface area contributed by atoms with Crippen molar-refractivity contribution in [3.05, 3.63) is 71.4 Å². The van der Waals surface area contributed by atoms with Crippen molar-refractivity contribution in [2.24, 2.45) is 5.92 Å². The molecule has 0 unspecified atom stereocenters. The zero-order valence-corrected chi connectivity index (χ0v) is 18.6. The van der Waals surface area contributed by atoms with E-state index in [2.05, 4.69) is 41.2 Å². The molecule has 2 aromatic carbocycles. The highest BCUT2D eigenvalue weighted by atomic mass is 16.5. The van der Waals surface area contributed by atoms with E-state index in [0.717, 1.165) is 68.5 Å². The fraction of sp³-hybridized carbons (Fsp3) is 0.423. The van der Waals surface area contributed by atoms with Crippen molar-refractivity contribution in [3.63, 3.8) is 0 Å². The average molecular weight is 420 g/mol. The molecule has 0 saturated carbocycles. The number of likely N-dealkylation sites (tertiary alicyclic amines) is 1. The number of amides is 1. The predicted molar refractivity (Wildman–Crippen MR) is 125 cm³/mol. The number of nitrogens with one attached hydrogen (secondary N) is 1. The SMILES string of the molecule is COCCN(C)Cc1ccc(CC2CCN(C(=O)c3cccc4[nH]ccc34)CC2)cc1. The van der Waals surface area contributed by atoms with Crippen LogP contribution in [0.3, 0.4) is 0 Å². The van der Waals surface area contributed by atoms with Gasteiger partial charge in [-0.05, 0) is 61.6 Å². The molecular formula is C26H33N3O2.